The maximum atomic E-state index is 14.5. The number of rotatable bonds is 5. The van der Waals surface area contributed by atoms with Crippen LogP contribution in [-0.2, 0) is 9.59 Å². The zero-order valence-corrected chi connectivity index (χ0v) is 17.3. The summed E-state index contributed by atoms with van der Waals surface area (Å²) in [4.78, 5) is 39.9. The molecule has 1 N–H and O–H groups in total. The van der Waals surface area contributed by atoms with E-state index in [0.717, 1.165) is 30.8 Å². The van der Waals surface area contributed by atoms with Gasteiger partial charge in [0.1, 0.15) is 18.2 Å². The van der Waals surface area contributed by atoms with E-state index in [-0.39, 0.29) is 10.7 Å². The monoisotopic (exact) mass is 443 g/mol. The van der Waals surface area contributed by atoms with E-state index >= 15 is 0 Å². The van der Waals surface area contributed by atoms with Gasteiger partial charge >= 0.3 is 0 Å². The minimum atomic E-state index is -0.617. The highest BCUT2D eigenvalue weighted by Gasteiger charge is 2.36. The third kappa shape index (κ3) is 4.77. The van der Waals surface area contributed by atoms with Crippen molar-refractivity contribution in [3.05, 3.63) is 64.6 Å². The molecule has 2 aromatic carbocycles. The first-order valence-corrected chi connectivity index (χ1v) is 10.6. The number of benzene rings is 2. The number of halogens is 2. The van der Waals surface area contributed by atoms with Crippen LogP contribution in [0.3, 0.4) is 0 Å². The second kappa shape index (κ2) is 8.89. The van der Waals surface area contributed by atoms with Crippen LogP contribution in [-0.4, -0.2) is 41.6 Å². The van der Waals surface area contributed by atoms with Crippen LogP contribution in [0.4, 0.5) is 25.0 Å². The molecular formula is C22H19F2N3O3S. The van der Waals surface area contributed by atoms with Gasteiger partial charge < -0.3 is 10.2 Å². The number of nitrogens with one attached hydrogen (secondary N) is 1. The molecule has 0 saturated carbocycles. The number of anilines is 2. The lowest BCUT2D eigenvalue weighted by molar-refractivity contribution is -0.127. The number of carbonyl (C=O) groups excluding carboxylic acids is 3. The number of thioether (sulfide) groups is 1. The predicted molar refractivity (Wildman–Crippen MR) is 116 cm³/mol. The van der Waals surface area contributed by atoms with Crippen molar-refractivity contribution < 1.29 is 23.2 Å². The fraction of sp³-hybridized carbons (Fsp3) is 0.227. The number of carbonyl (C=O) groups is 3. The summed E-state index contributed by atoms with van der Waals surface area (Å²) in [6.45, 7) is 1.16. The Labute approximate surface area is 181 Å². The number of imide groups is 1. The van der Waals surface area contributed by atoms with Crippen molar-refractivity contribution in [3.63, 3.8) is 0 Å². The molecule has 0 spiro atoms. The van der Waals surface area contributed by atoms with Gasteiger partial charge in [-0.3, -0.25) is 19.3 Å². The molecule has 2 aliphatic rings. The SMILES string of the molecule is O=C(CN1C(=O)S/C(=C\c2ccc(N3CCCC3)c(F)c2)C1=O)Nc1ccc(F)cc1. The van der Waals surface area contributed by atoms with E-state index in [1.807, 2.05) is 4.90 Å². The third-order valence-electron chi connectivity index (χ3n) is 5.02. The smallest absolute Gasteiger partial charge is 0.294 e. The van der Waals surface area contributed by atoms with Gasteiger partial charge in [-0.2, -0.15) is 0 Å². The van der Waals surface area contributed by atoms with E-state index in [2.05, 4.69) is 5.32 Å². The van der Waals surface area contributed by atoms with E-state index in [1.165, 1.54) is 36.4 Å². The van der Waals surface area contributed by atoms with Crippen LogP contribution in [0.15, 0.2) is 47.4 Å². The van der Waals surface area contributed by atoms with E-state index < -0.39 is 29.4 Å². The van der Waals surface area contributed by atoms with Gasteiger partial charge in [0.2, 0.25) is 5.91 Å². The number of hydrogen-bond donors (Lipinski definition) is 1. The van der Waals surface area contributed by atoms with E-state index in [9.17, 15) is 23.2 Å². The maximum Gasteiger partial charge on any atom is 0.294 e. The Balaban J connectivity index is 1.43. The van der Waals surface area contributed by atoms with Gasteiger partial charge in [-0.25, -0.2) is 8.78 Å². The zero-order chi connectivity index (χ0) is 22.0. The molecule has 0 aromatic heterocycles. The standard InChI is InChI=1S/C22H19F2N3O3S/c23-15-4-6-16(7-5-15)25-20(28)13-27-21(29)19(31-22(27)30)12-14-3-8-18(17(24)11-14)26-9-1-2-10-26/h3-8,11-12H,1-2,9-10,13H2,(H,25,28)/b19-12-. The summed E-state index contributed by atoms with van der Waals surface area (Å²) in [5, 5.41) is 1.92. The molecule has 2 aliphatic heterocycles. The molecule has 2 heterocycles. The summed E-state index contributed by atoms with van der Waals surface area (Å²) >= 11 is 0.698. The molecule has 2 aromatic rings. The molecule has 0 atom stereocenters. The van der Waals surface area contributed by atoms with Crippen molar-refractivity contribution in [3.8, 4) is 0 Å². The molecule has 0 aliphatic carbocycles. The summed E-state index contributed by atoms with van der Waals surface area (Å²) < 4.78 is 27.5. The van der Waals surface area contributed by atoms with Crippen molar-refractivity contribution in [1.29, 1.82) is 0 Å². The van der Waals surface area contributed by atoms with Crippen LogP contribution < -0.4 is 10.2 Å². The number of nitrogens with zero attached hydrogens (tertiary/aromatic N) is 2. The minimum Gasteiger partial charge on any atom is -0.369 e. The van der Waals surface area contributed by atoms with Crippen LogP contribution >= 0.6 is 11.8 Å². The van der Waals surface area contributed by atoms with Gasteiger partial charge in [0.05, 0.1) is 10.6 Å². The normalized spacial score (nSPS) is 17.7. The highest BCUT2D eigenvalue weighted by molar-refractivity contribution is 8.18. The van der Waals surface area contributed by atoms with Gasteiger partial charge in [-0.05, 0) is 72.6 Å². The second-order valence-corrected chi connectivity index (χ2v) is 8.22. The fourth-order valence-corrected chi connectivity index (χ4v) is 4.33. The molecule has 6 nitrogen and oxygen atoms in total. The lowest BCUT2D eigenvalue weighted by Gasteiger charge is -2.18. The van der Waals surface area contributed by atoms with E-state index in [1.54, 1.807) is 12.1 Å². The Kier molecular flexibility index (Phi) is 6.03. The quantitative estimate of drug-likeness (QED) is 0.700. The Morgan fingerprint density at radius 3 is 2.45 bits per heavy atom. The molecule has 0 radical (unpaired) electrons. The summed E-state index contributed by atoms with van der Waals surface area (Å²) in [5.41, 5.74) is 1.34. The highest BCUT2D eigenvalue weighted by Crippen LogP contribution is 2.33. The van der Waals surface area contributed by atoms with Crippen LogP contribution in [0.1, 0.15) is 18.4 Å². The largest absolute Gasteiger partial charge is 0.369 e. The fourth-order valence-electron chi connectivity index (χ4n) is 3.49. The summed E-state index contributed by atoms with van der Waals surface area (Å²) in [7, 11) is 0. The van der Waals surface area contributed by atoms with E-state index in [4.69, 9.17) is 0 Å². The second-order valence-electron chi connectivity index (χ2n) is 7.23. The molecular weight excluding hydrogens is 424 g/mol. The average Bonchev–Trinajstić information content (AvgIpc) is 3.35. The molecule has 31 heavy (non-hydrogen) atoms. The first-order chi connectivity index (χ1) is 14.9. The summed E-state index contributed by atoms with van der Waals surface area (Å²) in [5.74, 6) is -2.03. The Morgan fingerprint density at radius 1 is 1.06 bits per heavy atom. The summed E-state index contributed by atoms with van der Waals surface area (Å²) in [6.07, 6.45) is 3.51. The van der Waals surface area contributed by atoms with Crippen LogP contribution in [0.5, 0.6) is 0 Å². The Hall–Kier alpha value is -3.20. The molecule has 9 heteroatoms. The zero-order valence-electron chi connectivity index (χ0n) is 16.4. The maximum absolute atomic E-state index is 14.5. The Bertz CT molecular complexity index is 1070. The molecule has 0 unspecified atom stereocenters. The lowest BCUT2D eigenvalue weighted by atomic mass is 10.1. The predicted octanol–water partition coefficient (Wildman–Crippen LogP) is 4.24. The summed E-state index contributed by atoms with van der Waals surface area (Å²) in [6, 6.07) is 9.84. The van der Waals surface area contributed by atoms with Crippen molar-refractivity contribution in [2.75, 3.05) is 29.9 Å². The van der Waals surface area contributed by atoms with Crippen molar-refractivity contribution in [1.82, 2.24) is 4.90 Å². The van der Waals surface area contributed by atoms with Crippen LogP contribution in [0.25, 0.3) is 6.08 Å². The van der Waals surface area contributed by atoms with Gasteiger partial charge in [0.25, 0.3) is 11.1 Å². The van der Waals surface area contributed by atoms with Gasteiger partial charge in [-0.1, -0.05) is 6.07 Å². The van der Waals surface area contributed by atoms with Crippen molar-refractivity contribution in [2.45, 2.75) is 12.8 Å². The molecule has 160 valence electrons. The third-order valence-corrected chi connectivity index (χ3v) is 5.93. The van der Waals surface area contributed by atoms with E-state index in [0.29, 0.717) is 28.7 Å². The molecule has 2 fully saturated rings. The van der Waals surface area contributed by atoms with Crippen molar-refractivity contribution >= 4 is 46.3 Å². The van der Waals surface area contributed by atoms with Gasteiger partial charge in [0.15, 0.2) is 0 Å². The number of hydrogen-bond acceptors (Lipinski definition) is 5. The molecule has 2 saturated heterocycles. The minimum absolute atomic E-state index is 0.118. The molecule has 4 rings (SSSR count). The number of amides is 3. The highest BCUT2D eigenvalue weighted by atomic mass is 32.2. The first-order valence-electron chi connectivity index (χ1n) is 9.76. The van der Waals surface area contributed by atoms with Crippen molar-refractivity contribution in [2.24, 2.45) is 0 Å². The molecule has 3 amide bonds. The van der Waals surface area contributed by atoms with Crippen LogP contribution in [0.2, 0.25) is 0 Å². The van der Waals surface area contributed by atoms with Crippen LogP contribution in [0, 0.1) is 11.6 Å². The average molecular weight is 443 g/mol. The van der Waals surface area contributed by atoms with Gasteiger partial charge in [-0.15, -0.1) is 0 Å². The molecule has 0 bridgehead atoms. The lowest BCUT2D eigenvalue weighted by Crippen LogP contribution is -2.36. The first kappa shape index (κ1) is 21.0. The Morgan fingerprint density at radius 2 is 1.77 bits per heavy atom. The van der Waals surface area contributed by atoms with Gasteiger partial charge in [0, 0.05) is 18.8 Å². The topological polar surface area (TPSA) is 69.7 Å².